The van der Waals surface area contributed by atoms with E-state index in [-0.39, 0.29) is 5.82 Å². The first-order valence-electron chi connectivity index (χ1n) is 5.46. The number of benzene rings is 2. The van der Waals surface area contributed by atoms with Crippen molar-refractivity contribution < 1.29 is 8.78 Å². The molecular weight excluding hydrogens is 526 g/mol. The number of hydrogen-bond acceptors (Lipinski definition) is 0. The van der Waals surface area contributed by atoms with Gasteiger partial charge >= 0.3 is 0 Å². The van der Waals surface area contributed by atoms with Crippen LogP contribution in [-0.2, 0) is 6.67 Å². The molecule has 0 unspecified atom stereocenters. The molecular formula is C14H10Br4F2. The molecule has 2 rings (SSSR count). The van der Waals surface area contributed by atoms with Crippen molar-refractivity contribution in [2.45, 2.75) is 13.6 Å². The van der Waals surface area contributed by atoms with Crippen molar-refractivity contribution in [3.8, 4) is 0 Å². The van der Waals surface area contributed by atoms with Gasteiger partial charge in [-0.25, -0.2) is 8.78 Å². The van der Waals surface area contributed by atoms with Gasteiger partial charge in [0.25, 0.3) is 0 Å². The molecule has 0 aliphatic heterocycles. The van der Waals surface area contributed by atoms with Crippen LogP contribution in [0.25, 0.3) is 0 Å². The van der Waals surface area contributed by atoms with E-state index in [4.69, 9.17) is 0 Å². The Labute approximate surface area is 150 Å². The van der Waals surface area contributed by atoms with Crippen LogP contribution in [0.1, 0.15) is 11.1 Å². The van der Waals surface area contributed by atoms with Crippen LogP contribution in [0.5, 0.6) is 0 Å². The molecule has 0 aliphatic rings. The van der Waals surface area contributed by atoms with Crippen molar-refractivity contribution in [1.29, 1.82) is 0 Å². The van der Waals surface area contributed by atoms with Gasteiger partial charge in [0.1, 0.15) is 12.5 Å². The van der Waals surface area contributed by atoms with E-state index in [1.54, 1.807) is 18.2 Å². The van der Waals surface area contributed by atoms with Crippen molar-refractivity contribution in [1.82, 2.24) is 0 Å². The molecule has 0 radical (unpaired) electrons. The Morgan fingerprint density at radius 1 is 0.900 bits per heavy atom. The summed E-state index contributed by atoms with van der Waals surface area (Å²) in [7, 11) is 0. The predicted octanol–water partition coefficient (Wildman–Crippen LogP) is 7.34. The fourth-order valence-corrected chi connectivity index (χ4v) is 3.47. The minimum Gasteiger partial charge on any atom is -0.246 e. The highest BCUT2D eigenvalue weighted by Crippen LogP contribution is 2.28. The van der Waals surface area contributed by atoms with Crippen LogP contribution in [0, 0.1) is 12.7 Å². The number of alkyl halides is 1. The van der Waals surface area contributed by atoms with E-state index in [9.17, 15) is 8.78 Å². The lowest BCUT2D eigenvalue weighted by molar-refractivity contribution is 0.485. The summed E-state index contributed by atoms with van der Waals surface area (Å²) in [6.07, 6.45) is 0. The average molecular weight is 536 g/mol. The summed E-state index contributed by atoms with van der Waals surface area (Å²) in [5.41, 5.74) is 1.70. The normalized spacial score (nSPS) is 9.95. The Kier molecular flexibility index (Phi) is 7.87. The maximum absolute atomic E-state index is 12.7. The highest BCUT2D eigenvalue weighted by Gasteiger charge is 2.04. The van der Waals surface area contributed by atoms with E-state index in [0.29, 0.717) is 10.0 Å². The first-order chi connectivity index (χ1) is 9.35. The fraction of sp³-hybridized carbons (Fsp3) is 0.143. The first kappa shape index (κ1) is 18.3. The van der Waals surface area contributed by atoms with E-state index in [1.807, 2.05) is 13.0 Å². The van der Waals surface area contributed by atoms with Crippen LogP contribution in [0.15, 0.2) is 48.2 Å². The summed E-state index contributed by atoms with van der Waals surface area (Å²) < 4.78 is 27.8. The molecule has 0 fully saturated rings. The highest BCUT2D eigenvalue weighted by molar-refractivity contribution is 9.13. The lowest BCUT2D eigenvalue weighted by Gasteiger charge is -2.00. The zero-order valence-corrected chi connectivity index (χ0v) is 16.7. The molecule has 6 heteroatoms. The Morgan fingerprint density at radius 3 is 1.90 bits per heavy atom. The Morgan fingerprint density at radius 2 is 1.45 bits per heavy atom. The van der Waals surface area contributed by atoms with Crippen LogP contribution in [0.4, 0.5) is 8.78 Å². The van der Waals surface area contributed by atoms with Gasteiger partial charge in [0.15, 0.2) is 0 Å². The molecule has 0 heterocycles. The van der Waals surface area contributed by atoms with Gasteiger partial charge < -0.3 is 0 Å². The van der Waals surface area contributed by atoms with Gasteiger partial charge in [-0.2, -0.15) is 0 Å². The molecule has 2 aromatic rings. The van der Waals surface area contributed by atoms with Crippen LogP contribution in [0.3, 0.4) is 0 Å². The molecule has 0 nitrogen and oxygen atoms in total. The van der Waals surface area contributed by atoms with Gasteiger partial charge in [-0.3, -0.25) is 0 Å². The van der Waals surface area contributed by atoms with E-state index in [1.165, 1.54) is 6.07 Å². The van der Waals surface area contributed by atoms with Crippen LogP contribution in [-0.4, -0.2) is 0 Å². The summed E-state index contributed by atoms with van der Waals surface area (Å²) >= 11 is 12.9. The van der Waals surface area contributed by atoms with Crippen molar-refractivity contribution in [2.24, 2.45) is 0 Å². The Bertz CT molecular complexity index is 553. The summed E-state index contributed by atoms with van der Waals surface area (Å²) in [6.45, 7) is 1.49. The predicted molar refractivity (Wildman–Crippen MR) is 93.2 cm³/mol. The molecule has 108 valence electrons. The molecule has 0 bridgehead atoms. The second kappa shape index (κ2) is 8.61. The zero-order valence-electron chi connectivity index (χ0n) is 10.4. The number of aryl methyl sites for hydroxylation is 1. The Balaban J connectivity index is 0.000000200. The molecule has 0 saturated carbocycles. The Hall–Kier alpha value is 0.220. The van der Waals surface area contributed by atoms with Crippen molar-refractivity contribution in [3.05, 3.63) is 65.2 Å². The second-order valence-electron chi connectivity index (χ2n) is 3.90. The maximum atomic E-state index is 12.7. The minimum absolute atomic E-state index is 0.238. The quantitative estimate of drug-likeness (QED) is 0.335. The molecule has 0 aromatic heterocycles. The summed E-state index contributed by atoms with van der Waals surface area (Å²) in [4.78, 5) is 0. The standard InChI is InChI=1S/2C7H5Br2F/c8-6-1-5(4-10)2-7(9)3-6;1-4-2-3-5(10)7(9)6(4)8/h1-3H,4H2;2-3H,1H3. The molecule has 2 aromatic carbocycles. The van der Waals surface area contributed by atoms with E-state index >= 15 is 0 Å². The minimum atomic E-state index is -0.419. The lowest BCUT2D eigenvalue weighted by Crippen LogP contribution is -1.81. The molecule has 20 heavy (non-hydrogen) atoms. The molecule has 0 N–H and O–H groups in total. The van der Waals surface area contributed by atoms with Crippen molar-refractivity contribution >= 4 is 63.7 Å². The smallest absolute Gasteiger partial charge is 0.138 e. The summed E-state index contributed by atoms with van der Waals surface area (Å²) in [5, 5.41) is 0. The zero-order chi connectivity index (χ0) is 15.3. The number of rotatable bonds is 1. The second-order valence-corrected chi connectivity index (χ2v) is 7.32. The first-order valence-corrected chi connectivity index (χ1v) is 8.63. The van der Waals surface area contributed by atoms with Gasteiger partial charge in [-0.15, -0.1) is 0 Å². The SMILES string of the molecule is Cc1ccc(F)c(Br)c1Br.FCc1cc(Br)cc(Br)c1. The van der Waals surface area contributed by atoms with Gasteiger partial charge in [0, 0.05) is 13.4 Å². The molecule has 0 saturated heterocycles. The molecule has 0 aliphatic carbocycles. The van der Waals surface area contributed by atoms with Crippen LogP contribution >= 0.6 is 63.7 Å². The van der Waals surface area contributed by atoms with E-state index in [2.05, 4.69) is 63.7 Å². The monoisotopic (exact) mass is 532 g/mol. The summed E-state index contributed by atoms with van der Waals surface area (Å²) in [5.74, 6) is -0.238. The van der Waals surface area contributed by atoms with Crippen LogP contribution in [0.2, 0.25) is 0 Å². The third-order valence-electron chi connectivity index (χ3n) is 2.30. The number of halogens is 6. The van der Waals surface area contributed by atoms with Crippen molar-refractivity contribution in [3.63, 3.8) is 0 Å². The third kappa shape index (κ3) is 5.54. The maximum Gasteiger partial charge on any atom is 0.138 e. The topological polar surface area (TPSA) is 0 Å². The van der Waals surface area contributed by atoms with Crippen molar-refractivity contribution in [2.75, 3.05) is 0 Å². The lowest BCUT2D eigenvalue weighted by atomic mass is 10.2. The highest BCUT2D eigenvalue weighted by atomic mass is 79.9. The van der Waals surface area contributed by atoms with Crippen LogP contribution < -0.4 is 0 Å². The average Bonchev–Trinajstić information content (AvgIpc) is 2.40. The summed E-state index contributed by atoms with van der Waals surface area (Å²) in [6, 6.07) is 8.54. The molecule has 0 amide bonds. The number of hydrogen-bond donors (Lipinski definition) is 0. The fourth-order valence-electron chi connectivity index (χ4n) is 1.31. The largest absolute Gasteiger partial charge is 0.246 e. The third-order valence-corrected chi connectivity index (χ3v) is 5.55. The molecule has 0 atom stereocenters. The molecule has 0 spiro atoms. The van der Waals surface area contributed by atoms with Gasteiger partial charge in [-0.1, -0.05) is 37.9 Å². The van der Waals surface area contributed by atoms with Gasteiger partial charge in [0.05, 0.1) is 4.47 Å². The van der Waals surface area contributed by atoms with Gasteiger partial charge in [-0.05, 0) is 74.2 Å². The van der Waals surface area contributed by atoms with Gasteiger partial charge in [0.2, 0.25) is 0 Å². The van der Waals surface area contributed by atoms with E-state index in [0.717, 1.165) is 19.0 Å². The van der Waals surface area contributed by atoms with E-state index < -0.39 is 6.67 Å².